The van der Waals surface area contributed by atoms with Gasteiger partial charge in [0, 0.05) is 25.6 Å². The van der Waals surface area contributed by atoms with Gasteiger partial charge in [-0.05, 0) is 31.4 Å². The van der Waals surface area contributed by atoms with Gasteiger partial charge in [-0.15, -0.1) is 0 Å². The van der Waals surface area contributed by atoms with Gasteiger partial charge in [-0.2, -0.15) is 0 Å². The fourth-order valence-electron chi connectivity index (χ4n) is 2.84. The minimum Gasteiger partial charge on any atom is -0.468 e. The number of furan rings is 1. The fourth-order valence-corrected chi connectivity index (χ4v) is 2.84. The summed E-state index contributed by atoms with van der Waals surface area (Å²) in [5.41, 5.74) is 0. The molecular formula is C15H23NO3. The molecule has 19 heavy (non-hydrogen) atoms. The summed E-state index contributed by atoms with van der Waals surface area (Å²) in [6.45, 7) is 5.81. The summed E-state index contributed by atoms with van der Waals surface area (Å²) in [5.74, 6) is 1.68. The van der Waals surface area contributed by atoms with E-state index in [4.69, 9.17) is 13.9 Å². The van der Waals surface area contributed by atoms with Crippen LogP contribution in [0.4, 0.5) is 0 Å². The molecule has 0 amide bonds. The molecule has 2 aliphatic rings. The molecule has 2 saturated heterocycles. The first kappa shape index (κ1) is 13.2. The van der Waals surface area contributed by atoms with Crippen molar-refractivity contribution < 1.29 is 13.9 Å². The molecular weight excluding hydrogens is 242 g/mol. The quantitative estimate of drug-likeness (QED) is 0.818. The van der Waals surface area contributed by atoms with Crippen LogP contribution in [0.25, 0.3) is 0 Å². The van der Waals surface area contributed by atoms with Gasteiger partial charge in [0.25, 0.3) is 0 Å². The van der Waals surface area contributed by atoms with Gasteiger partial charge >= 0.3 is 0 Å². The Bertz CT molecular complexity index is 351. The molecule has 0 aromatic carbocycles. The lowest BCUT2D eigenvalue weighted by molar-refractivity contribution is -0.0125. The van der Waals surface area contributed by atoms with E-state index in [1.165, 1.54) is 0 Å². The maximum atomic E-state index is 6.02. The molecule has 1 atom stereocenters. The summed E-state index contributed by atoms with van der Waals surface area (Å²) in [7, 11) is 0. The number of piperidine rings is 1. The highest BCUT2D eigenvalue weighted by molar-refractivity contribution is 4.98. The van der Waals surface area contributed by atoms with E-state index in [9.17, 15) is 0 Å². The predicted molar refractivity (Wildman–Crippen MR) is 71.9 cm³/mol. The van der Waals surface area contributed by atoms with Gasteiger partial charge in [0.15, 0.2) is 0 Å². The Hall–Kier alpha value is -0.840. The molecule has 1 aromatic heterocycles. The average Bonchev–Trinajstić information content (AvgIpc) is 3.11. The van der Waals surface area contributed by atoms with E-state index in [1.807, 2.05) is 12.1 Å². The van der Waals surface area contributed by atoms with Gasteiger partial charge in [0.05, 0.1) is 32.1 Å². The second-order valence-electron chi connectivity index (χ2n) is 5.62. The molecule has 0 radical (unpaired) electrons. The summed E-state index contributed by atoms with van der Waals surface area (Å²) in [6, 6.07) is 4.00. The van der Waals surface area contributed by atoms with Crippen LogP contribution in [0, 0.1) is 5.92 Å². The van der Waals surface area contributed by atoms with Crippen LogP contribution in [0.3, 0.4) is 0 Å². The van der Waals surface area contributed by atoms with Gasteiger partial charge in [-0.1, -0.05) is 0 Å². The number of likely N-dealkylation sites (tertiary alicyclic amines) is 1. The highest BCUT2D eigenvalue weighted by Crippen LogP contribution is 2.19. The molecule has 2 fully saturated rings. The van der Waals surface area contributed by atoms with Crippen molar-refractivity contribution in [1.29, 1.82) is 0 Å². The van der Waals surface area contributed by atoms with Crippen LogP contribution in [0.2, 0.25) is 0 Å². The smallest absolute Gasteiger partial charge is 0.117 e. The fraction of sp³-hybridized carbons (Fsp3) is 0.733. The molecule has 0 saturated carbocycles. The molecule has 0 unspecified atom stereocenters. The minimum absolute atomic E-state index is 0.438. The zero-order valence-electron chi connectivity index (χ0n) is 11.4. The van der Waals surface area contributed by atoms with Crippen molar-refractivity contribution in [3.8, 4) is 0 Å². The minimum atomic E-state index is 0.438. The Labute approximate surface area is 114 Å². The third kappa shape index (κ3) is 3.81. The maximum absolute atomic E-state index is 6.02. The van der Waals surface area contributed by atoms with Crippen molar-refractivity contribution >= 4 is 0 Å². The second-order valence-corrected chi connectivity index (χ2v) is 5.62. The molecule has 3 heterocycles. The molecule has 4 heteroatoms. The largest absolute Gasteiger partial charge is 0.468 e. The van der Waals surface area contributed by atoms with Crippen molar-refractivity contribution in [2.24, 2.45) is 5.92 Å². The highest BCUT2D eigenvalue weighted by Gasteiger charge is 2.22. The molecule has 0 spiro atoms. The third-order valence-electron chi connectivity index (χ3n) is 4.09. The number of nitrogens with zero attached hydrogens (tertiary/aromatic N) is 1. The Morgan fingerprint density at radius 1 is 1.26 bits per heavy atom. The Kier molecular flexibility index (Phi) is 4.53. The van der Waals surface area contributed by atoms with E-state index >= 15 is 0 Å². The third-order valence-corrected chi connectivity index (χ3v) is 4.09. The molecule has 4 nitrogen and oxygen atoms in total. The molecule has 0 N–H and O–H groups in total. The first-order valence-corrected chi connectivity index (χ1v) is 7.34. The standard InChI is InChI=1S/C15H23NO3/c1-2-15(18-8-1)10-16-6-3-14(4-7-16)19-12-13-5-9-17-11-13/h1-2,8,13-14H,3-7,9-12H2/t13-/m1/s1. The van der Waals surface area contributed by atoms with E-state index in [0.717, 1.165) is 64.5 Å². The SMILES string of the molecule is c1coc(CN2CCC(OC[C@@H]3CCOC3)CC2)c1. The monoisotopic (exact) mass is 265 g/mol. The molecule has 1 aromatic rings. The van der Waals surface area contributed by atoms with Crippen molar-refractivity contribution in [2.75, 3.05) is 32.9 Å². The second kappa shape index (κ2) is 6.55. The lowest BCUT2D eigenvalue weighted by Crippen LogP contribution is -2.37. The molecule has 3 rings (SSSR count). The number of ether oxygens (including phenoxy) is 2. The average molecular weight is 265 g/mol. The van der Waals surface area contributed by atoms with Crippen LogP contribution in [-0.4, -0.2) is 43.9 Å². The molecule has 106 valence electrons. The Morgan fingerprint density at radius 3 is 2.84 bits per heavy atom. The van der Waals surface area contributed by atoms with Crippen LogP contribution in [0.5, 0.6) is 0 Å². The summed E-state index contributed by atoms with van der Waals surface area (Å²) >= 11 is 0. The summed E-state index contributed by atoms with van der Waals surface area (Å²) < 4.78 is 16.8. The van der Waals surface area contributed by atoms with Gasteiger partial charge in [0.1, 0.15) is 5.76 Å². The summed E-state index contributed by atoms with van der Waals surface area (Å²) in [6.07, 6.45) is 5.61. The van der Waals surface area contributed by atoms with E-state index in [2.05, 4.69) is 4.90 Å². The maximum Gasteiger partial charge on any atom is 0.117 e. The van der Waals surface area contributed by atoms with Crippen molar-refractivity contribution in [3.05, 3.63) is 24.2 Å². The van der Waals surface area contributed by atoms with Crippen LogP contribution >= 0.6 is 0 Å². The molecule has 2 aliphatic heterocycles. The lowest BCUT2D eigenvalue weighted by atomic mass is 10.1. The predicted octanol–water partition coefficient (Wildman–Crippen LogP) is 2.30. The van der Waals surface area contributed by atoms with Gasteiger partial charge in [-0.3, -0.25) is 4.90 Å². The van der Waals surface area contributed by atoms with Gasteiger partial charge < -0.3 is 13.9 Å². The van der Waals surface area contributed by atoms with Crippen LogP contribution in [0.15, 0.2) is 22.8 Å². The van der Waals surface area contributed by atoms with E-state index in [0.29, 0.717) is 12.0 Å². The molecule has 0 aliphatic carbocycles. The lowest BCUT2D eigenvalue weighted by Gasteiger charge is -2.31. The first-order valence-electron chi connectivity index (χ1n) is 7.34. The number of hydrogen-bond donors (Lipinski definition) is 0. The number of rotatable bonds is 5. The normalized spacial score (nSPS) is 26.0. The Balaban J connectivity index is 1.34. The van der Waals surface area contributed by atoms with E-state index in [1.54, 1.807) is 6.26 Å². The van der Waals surface area contributed by atoms with E-state index < -0.39 is 0 Å². The summed E-state index contributed by atoms with van der Waals surface area (Å²) in [5, 5.41) is 0. The van der Waals surface area contributed by atoms with Crippen molar-refractivity contribution in [3.63, 3.8) is 0 Å². The molecule has 0 bridgehead atoms. The number of hydrogen-bond acceptors (Lipinski definition) is 4. The van der Waals surface area contributed by atoms with E-state index in [-0.39, 0.29) is 0 Å². The zero-order valence-corrected chi connectivity index (χ0v) is 11.4. The van der Waals surface area contributed by atoms with Gasteiger partial charge in [0.2, 0.25) is 0 Å². The first-order chi connectivity index (χ1) is 9.40. The zero-order chi connectivity index (χ0) is 12.9. The highest BCUT2D eigenvalue weighted by atomic mass is 16.5. The van der Waals surface area contributed by atoms with Gasteiger partial charge in [-0.25, -0.2) is 0 Å². The van der Waals surface area contributed by atoms with Crippen LogP contribution < -0.4 is 0 Å². The summed E-state index contributed by atoms with van der Waals surface area (Å²) in [4.78, 5) is 2.44. The van der Waals surface area contributed by atoms with Crippen molar-refractivity contribution in [1.82, 2.24) is 4.90 Å². The topological polar surface area (TPSA) is 34.8 Å². The van der Waals surface area contributed by atoms with Crippen molar-refractivity contribution in [2.45, 2.75) is 31.9 Å². The van der Waals surface area contributed by atoms with Crippen LogP contribution in [-0.2, 0) is 16.0 Å². The Morgan fingerprint density at radius 2 is 2.16 bits per heavy atom. The van der Waals surface area contributed by atoms with Crippen LogP contribution in [0.1, 0.15) is 25.0 Å².